The van der Waals surface area contributed by atoms with Gasteiger partial charge in [0.15, 0.2) is 0 Å². The van der Waals surface area contributed by atoms with Crippen LogP contribution in [0.15, 0.2) is 42.7 Å². The number of nitriles is 1. The molecule has 0 N–H and O–H groups in total. The fraction of sp³-hybridized carbons (Fsp3) is 0.350. The number of hydrogen-bond donors (Lipinski definition) is 0. The van der Waals surface area contributed by atoms with Crippen LogP contribution in [0.3, 0.4) is 0 Å². The second kappa shape index (κ2) is 8.40. The van der Waals surface area contributed by atoms with E-state index in [0.29, 0.717) is 44.7 Å². The molecule has 1 aliphatic heterocycles. The third-order valence-corrected chi connectivity index (χ3v) is 4.76. The van der Waals surface area contributed by atoms with E-state index in [4.69, 9.17) is 0 Å². The average Bonchev–Trinajstić information content (AvgIpc) is 2.93. The van der Waals surface area contributed by atoms with Crippen LogP contribution in [0.1, 0.15) is 33.5 Å². The molecular formula is C20H19F3N4O. The van der Waals surface area contributed by atoms with Gasteiger partial charge in [-0.2, -0.15) is 18.4 Å². The van der Waals surface area contributed by atoms with E-state index in [9.17, 15) is 23.2 Å². The Morgan fingerprint density at radius 1 is 1.14 bits per heavy atom. The molecule has 146 valence electrons. The van der Waals surface area contributed by atoms with Gasteiger partial charge in [0, 0.05) is 45.1 Å². The number of alkyl halides is 3. The third-order valence-electron chi connectivity index (χ3n) is 4.76. The van der Waals surface area contributed by atoms with Gasteiger partial charge in [0.05, 0.1) is 22.8 Å². The Kier molecular flexibility index (Phi) is 5.95. The van der Waals surface area contributed by atoms with Crippen molar-refractivity contribution in [2.24, 2.45) is 0 Å². The molecule has 3 rings (SSSR count). The molecule has 1 aromatic carbocycles. The van der Waals surface area contributed by atoms with Gasteiger partial charge in [-0.1, -0.05) is 18.2 Å². The van der Waals surface area contributed by atoms with E-state index in [-0.39, 0.29) is 0 Å². The summed E-state index contributed by atoms with van der Waals surface area (Å²) in [6.07, 6.45) is -1.94. The first-order valence-corrected chi connectivity index (χ1v) is 8.91. The molecular weight excluding hydrogens is 369 g/mol. The standard InChI is InChI=1S/C20H19F3N4O/c21-20(22,23)18-6-7-25-13-17(18)19(28)27-9-3-8-26(10-11-27)14-16-5-2-1-4-15(16)12-24/h1-2,4-7,13H,3,8-11,14H2. The van der Waals surface area contributed by atoms with Crippen LogP contribution >= 0.6 is 0 Å². The first-order chi connectivity index (χ1) is 13.4. The number of aromatic nitrogens is 1. The predicted octanol–water partition coefficient (Wildman–Crippen LogP) is 3.32. The highest BCUT2D eigenvalue weighted by atomic mass is 19.4. The zero-order valence-corrected chi connectivity index (χ0v) is 15.1. The van der Waals surface area contributed by atoms with Crippen molar-refractivity contribution < 1.29 is 18.0 Å². The van der Waals surface area contributed by atoms with E-state index in [2.05, 4.69) is 16.0 Å². The molecule has 1 amide bonds. The van der Waals surface area contributed by atoms with Gasteiger partial charge in [-0.15, -0.1) is 0 Å². The van der Waals surface area contributed by atoms with Crippen LogP contribution in [0.5, 0.6) is 0 Å². The Balaban J connectivity index is 1.71. The Labute approximate surface area is 161 Å². The number of amides is 1. The normalized spacial score (nSPS) is 15.7. The molecule has 1 fully saturated rings. The van der Waals surface area contributed by atoms with Crippen molar-refractivity contribution in [1.82, 2.24) is 14.8 Å². The highest BCUT2D eigenvalue weighted by Crippen LogP contribution is 2.32. The Morgan fingerprint density at radius 3 is 2.68 bits per heavy atom. The van der Waals surface area contributed by atoms with Crippen LogP contribution in [0, 0.1) is 11.3 Å². The number of pyridine rings is 1. The largest absolute Gasteiger partial charge is 0.417 e. The molecule has 0 saturated carbocycles. The summed E-state index contributed by atoms with van der Waals surface area (Å²) < 4.78 is 39.6. The number of carbonyl (C=O) groups excluding carboxylic acids is 1. The summed E-state index contributed by atoms with van der Waals surface area (Å²) in [5.41, 5.74) is 0.121. The van der Waals surface area contributed by atoms with E-state index >= 15 is 0 Å². The number of hydrogen-bond acceptors (Lipinski definition) is 4. The zero-order chi connectivity index (χ0) is 20.1. The molecule has 0 atom stereocenters. The fourth-order valence-electron chi connectivity index (χ4n) is 3.32. The highest BCUT2D eigenvalue weighted by Gasteiger charge is 2.36. The number of rotatable bonds is 3. The molecule has 1 aliphatic rings. The van der Waals surface area contributed by atoms with Gasteiger partial charge in [-0.05, 0) is 24.1 Å². The minimum Gasteiger partial charge on any atom is -0.337 e. The summed E-state index contributed by atoms with van der Waals surface area (Å²) in [4.78, 5) is 20.0. The van der Waals surface area contributed by atoms with Gasteiger partial charge in [0.1, 0.15) is 0 Å². The summed E-state index contributed by atoms with van der Waals surface area (Å²) in [5, 5.41) is 9.22. The van der Waals surface area contributed by atoms with Crippen molar-refractivity contribution in [3.63, 3.8) is 0 Å². The summed E-state index contributed by atoms with van der Waals surface area (Å²) in [7, 11) is 0. The maximum Gasteiger partial charge on any atom is 0.417 e. The Bertz CT molecular complexity index is 892. The maximum absolute atomic E-state index is 13.2. The molecule has 0 unspecified atom stereocenters. The summed E-state index contributed by atoms with van der Waals surface area (Å²) in [6.45, 7) is 2.48. The molecule has 28 heavy (non-hydrogen) atoms. The predicted molar refractivity (Wildman–Crippen MR) is 96.2 cm³/mol. The van der Waals surface area contributed by atoms with Gasteiger partial charge in [-0.3, -0.25) is 14.7 Å². The second-order valence-corrected chi connectivity index (χ2v) is 6.61. The zero-order valence-electron chi connectivity index (χ0n) is 15.1. The first kappa shape index (κ1) is 19.8. The SMILES string of the molecule is N#Cc1ccccc1CN1CCCN(C(=O)c2cnccc2C(F)(F)F)CC1. The monoisotopic (exact) mass is 388 g/mol. The smallest absolute Gasteiger partial charge is 0.337 e. The first-order valence-electron chi connectivity index (χ1n) is 8.91. The van der Waals surface area contributed by atoms with E-state index in [1.54, 1.807) is 12.1 Å². The van der Waals surface area contributed by atoms with Gasteiger partial charge in [0.2, 0.25) is 0 Å². The quantitative estimate of drug-likeness (QED) is 0.809. The average molecular weight is 388 g/mol. The minimum atomic E-state index is -4.60. The molecule has 1 aromatic heterocycles. The van der Waals surface area contributed by atoms with Crippen LogP contribution in [-0.2, 0) is 12.7 Å². The molecule has 2 heterocycles. The lowest BCUT2D eigenvalue weighted by Crippen LogP contribution is -2.36. The molecule has 2 aromatic rings. The second-order valence-electron chi connectivity index (χ2n) is 6.61. The lowest BCUT2D eigenvalue weighted by atomic mass is 10.1. The molecule has 0 spiro atoms. The van der Waals surface area contributed by atoms with Crippen molar-refractivity contribution in [2.75, 3.05) is 26.2 Å². The van der Waals surface area contributed by atoms with Gasteiger partial charge < -0.3 is 4.90 Å². The summed E-state index contributed by atoms with van der Waals surface area (Å²) in [6, 6.07) is 10.3. The fourth-order valence-corrected chi connectivity index (χ4v) is 3.32. The van der Waals surface area contributed by atoms with Crippen LogP contribution < -0.4 is 0 Å². The minimum absolute atomic E-state index is 0.319. The maximum atomic E-state index is 13.2. The topological polar surface area (TPSA) is 60.2 Å². The molecule has 1 saturated heterocycles. The van der Waals surface area contributed by atoms with Gasteiger partial charge in [0.25, 0.3) is 5.91 Å². The number of benzene rings is 1. The van der Waals surface area contributed by atoms with Crippen LogP contribution in [0.4, 0.5) is 13.2 Å². The third kappa shape index (κ3) is 4.49. The van der Waals surface area contributed by atoms with E-state index < -0.39 is 23.2 Å². The lowest BCUT2D eigenvalue weighted by molar-refractivity contribution is -0.138. The molecule has 0 aliphatic carbocycles. The van der Waals surface area contributed by atoms with Crippen LogP contribution in [0.2, 0.25) is 0 Å². The molecule has 0 bridgehead atoms. The van der Waals surface area contributed by atoms with Crippen molar-refractivity contribution >= 4 is 5.91 Å². The Hall–Kier alpha value is -2.92. The van der Waals surface area contributed by atoms with E-state index in [0.717, 1.165) is 24.0 Å². The summed E-state index contributed by atoms with van der Waals surface area (Å²) in [5.74, 6) is -0.653. The van der Waals surface area contributed by atoms with E-state index in [1.165, 1.54) is 4.90 Å². The summed E-state index contributed by atoms with van der Waals surface area (Å²) >= 11 is 0. The highest BCUT2D eigenvalue weighted by molar-refractivity contribution is 5.95. The van der Waals surface area contributed by atoms with Crippen molar-refractivity contribution in [3.05, 3.63) is 65.0 Å². The number of carbonyl (C=O) groups is 1. The molecule has 5 nitrogen and oxygen atoms in total. The van der Waals surface area contributed by atoms with Gasteiger partial charge in [-0.25, -0.2) is 0 Å². The van der Waals surface area contributed by atoms with Crippen molar-refractivity contribution in [2.45, 2.75) is 19.1 Å². The van der Waals surface area contributed by atoms with Crippen LogP contribution in [0.25, 0.3) is 0 Å². The van der Waals surface area contributed by atoms with Gasteiger partial charge >= 0.3 is 6.18 Å². The van der Waals surface area contributed by atoms with Crippen LogP contribution in [-0.4, -0.2) is 46.9 Å². The lowest BCUT2D eigenvalue weighted by Gasteiger charge is -2.23. The van der Waals surface area contributed by atoms with Crippen molar-refractivity contribution in [3.8, 4) is 6.07 Å². The number of halogens is 3. The molecule has 8 heteroatoms. The Morgan fingerprint density at radius 2 is 1.93 bits per heavy atom. The molecule has 0 radical (unpaired) electrons. The number of nitrogens with zero attached hydrogens (tertiary/aromatic N) is 4. The van der Waals surface area contributed by atoms with E-state index in [1.807, 2.05) is 12.1 Å². The van der Waals surface area contributed by atoms with Crippen molar-refractivity contribution in [1.29, 1.82) is 5.26 Å².